The second kappa shape index (κ2) is 4.43. The van der Waals surface area contributed by atoms with E-state index in [1.165, 1.54) is 0 Å². The first-order valence-electron chi connectivity index (χ1n) is 2.86. The fourth-order valence-electron chi connectivity index (χ4n) is 0.703. The van der Waals surface area contributed by atoms with Gasteiger partial charge in [0.05, 0.1) is 26.4 Å². The Labute approximate surface area is 68.3 Å². The molecule has 0 bridgehead atoms. The van der Waals surface area contributed by atoms with Crippen LogP contribution in [0.2, 0.25) is 0 Å². The van der Waals surface area contributed by atoms with Crippen LogP contribution in [0.5, 0.6) is 0 Å². The van der Waals surface area contributed by atoms with Crippen molar-refractivity contribution in [2.24, 2.45) is 0 Å². The lowest BCUT2D eigenvalue weighted by molar-refractivity contribution is -0.0972. The lowest BCUT2D eigenvalue weighted by Gasteiger charge is -2.21. The Hall–Kier alpha value is 0.610. The number of rotatable bonds is 2. The fraction of sp³-hybridized carbons (Fsp3) is 1.00. The van der Waals surface area contributed by atoms with Crippen molar-refractivity contribution in [3.63, 3.8) is 0 Å². The maximum Gasteiger partial charge on any atom is 0.109 e. The summed E-state index contributed by atoms with van der Waals surface area (Å²) in [6, 6.07) is 0. The molecule has 0 amide bonds. The van der Waals surface area contributed by atoms with Crippen LogP contribution in [0, 0.1) is 0 Å². The van der Waals surface area contributed by atoms with E-state index < -0.39 is 0 Å². The summed E-state index contributed by atoms with van der Waals surface area (Å²) in [6.45, 7) is 2.71. The highest BCUT2D eigenvalue weighted by atomic mass is 127. The Bertz CT molecular complexity index is 69.8. The minimum absolute atomic E-state index is 0.149. The van der Waals surface area contributed by atoms with E-state index in [2.05, 4.69) is 0 Å². The zero-order chi connectivity index (χ0) is 6.53. The molecule has 1 unspecified atom stereocenters. The molecule has 1 saturated heterocycles. The molecule has 0 N–H and O–H groups in total. The molecule has 9 heavy (non-hydrogen) atoms. The van der Waals surface area contributed by atoms with E-state index in [9.17, 15) is 0 Å². The molecule has 3 nitrogen and oxygen atoms in total. The highest BCUT2D eigenvalue weighted by Crippen LogP contribution is 2.02. The van der Waals surface area contributed by atoms with Crippen molar-refractivity contribution in [1.29, 1.82) is 0 Å². The van der Waals surface area contributed by atoms with E-state index in [0.717, 1.165) is 6.61 Å². The molecular formula is C5H9IO3. The molecule has 1 rings (SSSR count). The van der Waals surface area contributed by atoms with Gasteiger partial charge in [-0.1, -0.05) is 0 Å². The van der Waals surface area contributed by atoms with E-state index >= 15 is 0 Å². The first-order chi connectivity index (χ1) is 4.43. The third kappa shape index (κ3) is 2.79. The predicted molar refractivity (Wildman–Crippen MR) is 40.5 cm³/mol. The Morgan fingerprint density at radius 2 is 2.44 bits per heavy atom. The van der Waals surface area contributed by atoms with Crippen LogP contribution in [0.4, 0.5) is 0 Å². The van der Waals surface area contributed by atoms with Gasteiger partial charge in [0.1, 0.15) is 29.1 Å². The SMILES string of the molecule is IOCC1COCCO1. The average Bonchev–Trinajstić information content (AvgIpc) is 1.91. The minimum Gasteiger partial charge on any atom is -0.376 e. The van der Waals surface area contributed by atoms with Crippen molar-refractivity contribution in [2.75, 3.05) is 26.4 Å². The van der Waals surface area contributed by atoms with Gasteiger partial charge >= 0.3 is 0 Å². The molecule has 0 aliphatic carbocycles. The summed E-state index contributed by atoms with van der Waals surface area (Å²) >= 11 is 1.85. The molecule has 1 aliphatic rings. The summed E-state index contributed by atoms with van der Waals surface area (Å²) < 4.78 is 15.2. The summed E-state index contributed by atoms with van der Waals surface area (Å²) in [5.74, 6) is 0. The Morgan fingerprint density at radius 1 is 1.56 bits per heavy atom. The van der Waals surface area contributed by atoms with E-state index in [4.69, 9.17) is 12.5 Å². The minimum atomic E-state index is 0.149. The van der Waals surface area contributed by atoms with Gasteiger partial charge in [-0.2, -0.15) is 0 Å². The van der Waals surface area contributed by atoms with Gasteiger partial charge in [-0.15, -0.1) is 0 Å². The van der Waals surface area contributed by atoms with Gasteiger partial charge in [0, 0.05) is 0 Å². The van der Waals surface area contributed by atoms with Crippen molar-refractivity contribution in [2.45, 2.75) is 6.10 Å². The van der Waals surface area contributed by atoms with Crippen LogP contribution in [0.15, 0.2) is 0 Å². The summed E-state index contributed by atoms with van der Waals surface area (Å²) in [4.78, 5) is 0. The smallest absolute Gasteiger partial charge is 0.109 e. The van der Waals surface area contributed by atoms with Gasteiger partial charge in [-0.05, 0) is 0 Å². The average molecular weight is 244 g/mol. The maximum atomic E-state index is 5.26. The van der Waals surface area contributed by atoms with Crippen LogP contribution >= 0.6 is 23.0 Å². The van der Waals surface area contributed by atoms with Gasteiger partial charge in [0.2, 0.25) is 0 Å². The van der Waals surface area contributed by atoms with Crippen LogP contribution in [-0.2, 0) is 12.5 Å². The van der Waals surface area contributed by atoms with Crippen molar-refractivity contribution >= 4 is 23.0 Å². The molecule has 0 aromatic heterocycles. The van der Waals surface area contributed by atoms with E-state index in [1.54, 1.807) is 0 Å². The van der Waals surface area contributed by atoms with Crippen LogP contribution in [0.1, 0.15) is 0 Å². The summed E-state index contributed by atoms with van der Waals surface area (Å²) in [5, 5.41) is 0. The van der Waals surface area contributed by atoms with Crippen molar-refractivity contribution in [1.82, 2.24) is 0 Å². The quantitative estimate of drug-likeness (QED) is 0.671. The normalized spacial score (nSPS) is 28.3. The van der Waals surface area contributed by atoms with Gasteiger partial charge < -0.3 is 12.5 Å². The third-order valence-electron chi connectivity index (χ3n) is 1.13. The van der Waals surface area contributed by atoms with E-state index in [-0.39, 0.29) is 6.10 Å². The predicted octanol–water partition coefficient (Wildman–Crippen LogP) is 0.768. The lowest BCUT2D eigenvalue weighted by atomic mass is 10.4. The summed E-state index contributed by atoms with van der Waals surface area (Å²) in [6.07, 6.45) is 0.149. The number of hydrogen-bond donors (Lipinski definition) is 0. The largest absolute Gasteiger partial charge is 0.376 e. The van der Waals surface area contributed by atoms with Crippen molar-refractivity contribution in [3.05, 3.63) is 0 Å². The van der Waals surface area contributed by atoms with Gasteiger partial charge in [-0.3, -0.25) is 0 Å². The highest BCUT2D eigenvalue weighted by Gasteiger charge is 2.13. The molecular weight excluding hydrogens is 235 g/mol. The second-order valence-electron chi connectivity index (χ2n) is 1.84. The second-order valence-corrected chi connectivity index (χ2v) is 2.47. The molecule has 1 aliphatic heterocycles. The van der Waals surface area contributed by atoms with Crippen LogP contribution in [0.3, 0.4) is 0 Å². The maximum absolute atomic E-state index is 5.26. The Kier molecular flexibility index (Phi) is 3.80. The molecule has 1 heterocycles. The fourth-order valence-corrected chi connectivity index (χ4v) is 1.10. The highest BCUT2D eigenvalue weighted by molar-refractivity contribution is 14.1. The molecule has 1 fully saturated rings. The third-order valence-corrected chi connectivity index (χ3v) is 1.49. The summed E-state index contributed by atoms with van der Waals surface area (Å²) in [7, 11) is 0. The lowest BCUT2D eigenvalue weighted by Crippen LogP contribution is -2.31. The Balaban J connectivity index is 2.08. The van der Waals surface area contributed by atoms with Crippen LogP contribution in [0.25, 0.3) is 0 Å². The zero-order valence-corrected chi connectivity index (χ0v) is 7.17. The molecule has 0 saturated carbocycles. The van der Waals surface area contributed by atoms with E-state index in [0.29, 0.717) is 19.8 Å². The number of halogens is 1. The van der Waals surface area contributed by atoms with Crippen LogP contribution in [-0.4, -0.2) is 32.5 Å². The monoisotopic (exact) mass is 244 g/mol. The van der Waals surface area contributed by atoms with Gasteiger partial charge in [0.15, 0.2) is 0 Å². The molecule has 0 radical (unpaired) electrons. The van der Waals surface area contributed by atoms with Crippen molar-refractivity contribution < 1.29 is 12.5 Å². The standard InChI is InChI=1S/C5H9IO3/c6-9-4-5-3-7-1-2-8-5/h5H,1-4H2. The molecule has 4 heteroatoms. The van der Waals surface area contributed by atoms with Gasteiger partial charge in [-0.25, -0.2) is 0 Å². The molecule has 0 aromatic carbocycles. The van der Waals surface area contributed by atoms with Crippen LogP contribution < -0.4 is 0 Å². The first-order valence-corrected chi connectivity index (χ1v) is 3.74. The summed E-state index contributed by atoms with van der Waals surface area (Å²) in [5.41, 5.74) is 0. The first kappa shape index (κ1) is 7.71. The molecule has 0 spiro atoms. The molecule has 1 atom stereocenters. The molecule has 54 valence electrons. The van der Waals surface area contributed by atoms with Gasteiger partial charge in [0.25, 0.3) is 0 Å². The number of ether oxygens (including phenoxy) is 2. The zero-order valence-electron chi connectivity index (χ0n) is 5.01. The Morgan fingerprint density at radius 3 is 3.00 bits per heavy atom. The van der Waals surface area contributed by atoms with Crippen molar-refractivity contribution in [3.8, 4) is 0 Å². The topological polar surface area (TPSA) is 27.7 Å². The molecule has 0 aromatic rings. The number of hydrogen-bond acceptors (Lipinski definition) is 3. The van der Waals surface area contributed by atoms with E-state index in [1.807, 2.05) is 23.0 Å².